The second-order valence-corrected chi connectivity index (χ2v) is 7.10. The molecule has 0 spiro atoms. The molecule has 0 radical (unpaired) electrons. The van der Waals surface area contributed by atoms with Crippen LogP contribution in [0.2, 0.25) is 0 Å². The largest absolute Gasteiger partial charge is 0.465 e. The van der Waals surface area contributed by atoms with Crippen molar-refractivity contribution in [2.24, 2.45) is 0 Å². The Hall–Kier alpha value is -1.34. The lowest BCUT2D eigenvalue weighted by molar-refractivity contribution is -0.142. The van der Waals surface area contributed by atoms with Crippen LogP contribution in [-0.4, -0.2) is 59.6 Å². The van der Waals surface area contributed by atoms with E-state index in [1.165, 1.54) is 0 Å². The number of carbonyl (C=O) groups excluding carboxylic acids is 2. The summed E-state index contributed by atoms with van der Waals surface area (Å²) in [5, 5.41) is 3.08. The topological polar surface area (TPSA) is 87.0 Å². The van der Waals surface area contributed by atoms with Crippen LogP contribution in [0.25, 0.3) is 0 Å². The maximum absolute atomic E-state index is 12.5. The number of rotatable bonds is 3. The molecule has 0 unspecified atom stereocenters. The molecule has 0 saturated carbocycles. The zero-order chi connectivity index (χ0) is 16.7. The second kappa shape index (κ2) is 5.70. The van der Waals surface area contributed by atoms with E-state index in [1.807, 2.05) is 34.6 Å². The number of esters is 1. The van der Waals surface area contributed by atoms with Crippen molar-refractivity contribution < 1.29 is 23.8 Å². The Morgan fingerprint density at radius 2 is 2.00 bits per heavy atom. The smallest absolute Gasteiger partial charge is 0.412 e. The molecule has 1 N–H and O–H groups in total. The first-order chi connectivity index (χ1) is 10.1. The van der Waals surface area contributed by atoms with Gasteiger partial charge in [-0.3, -0.25) is 15.0 Å². The van der Waals surface area contributed by atoms with E-state index in [4.69, 9.17) is 14.2 Å². The summed E-state index contributed by atoms with van der Waals surface area (Å²) in [7, 11) is 0. The summed E-state index contributed by atoms with van der Waals surface area (Å²) in [5.74, 6) is -0.290. The molecule has 0 aromatic heterocycles. The normalized spacial score (nSPS) is 30.1. The molecule has 2 saturated heterocycles. The number of hydrogen-bond donors (Lipinski definition) is 1. The lowest BCUT2D eigenvalue weighted by atomic mass is 10.1. The van der Waals surface area contributed by atoms with Crippen LogP contribution in [0.3, 0.4) is 0 Å². The summed E-state index contributed by atoms with van der Waals surface area (Å²) >= 11 is 0. The van der Waals surface area contributed by atoms with E-state index in [2.05, 4.69) is 5.32 Å². The van der Waals surface area contributed by atoms with Crippen molar-refractivity contribution in [2.75, 3.05) is 13.2 Å². The minimum Gasteiger partial charge on any atom is -0.465 e. The first-order valence-corrected chi connectivity index (χ1v) is 7.66. The molecular weight excluding hydrogens is 288 g/mol. The Labute approximate surface area is 131 Å². The van der Waals surface area contributed by atoms with Gasteiger partial charge in [-0.1, -0.05) is 0 Å². The highest BCUT2D eigenvalue weighted by Gasteiger charge is 2.57. The van der Waals surface area contributed by atoms with Crippen molar-refractivity contribution in [2.45, 2.75) is 71.0 Å². The molecule has 0 aliphatic carbocycles. The van der Waals surface area contributed by atoms with E-state index >= 15 is 0 Å². The lowest BCUT2D eigenvalue weighted by Crippen LogP contribution is -2.52. The van der Waals surface area contributed by atoms with Crippen LogP contribution < -0.4 is 5.32 Å². The van der Waals surface area contributed by atoms with Crippen LogP contribution in [0.5, 0.6) is 0 Å². The van der Waals surface area contributed by atoms with Crippen molar-refractivity contribution in [3.05, 3.63) is 0 Å². The highest BCUT2D eigenvalue weighted by atomic mass is 16.6. The summed E-state index contributed by atoms with van der Waals surface area (Å²) < 4.78 is 16.2. The second-order valence-electron chi connectivity index (χ2n) is 7.10. The lowest BCUT2D eigenvalue weighted by Gasteiger charge is -2.35. The van der Waals surface area contributed by atoms with Gasteiger partial charge in [0.05, 0.1) is 25.3 Å². The molecule has 2 heterocycles. The predicted molar refractivity (Wildman–Crippen MR) is 79.2 cm³/mol. The molecule has 0 aromatic carbocycles. The van der Waals surface area contributed by atoms with Crippen LogP contribution >= 0.6 is 0 Å². The SMILES string of the molecule is CCOC(=O)[C@@H]1N[C@@H]1[C@@H]1COC(C)(C)N1C(=O)OC(C)(C)C. The summed E-state index contributed by atoms with van der Waals surface area (Å²) in [6, 6.07) is -0.792. The van der Waals surface area contributed by atoms with Gasteiger partial charge in [0, 0.05) is 0 Å². The average Bonchev–Trinajstić information content (AvgIpc) is 3.06. The van der Waals surface area contributed by atoms with Crippen LogP contribution in [-0.2, 0) is 19.0 Å². The number of carbonyl (C=O) groups is 2. The molecule has 126 valence electrons. The van der Waals surface area contributed by atoms with Crippen LogP contribution in [0.4, 0.5) is 4.79 Å². The van der Waals surface area contributed by atoms with Gasteiger partial charge in [-0.05, 0) is 41.5 Å². The summed E-state index contributed by atoms with van der Waals surface area (Å²) in [6.45, 7) is 11.6. The first-order valence-electron chi connectivity index (χ1n) is 7.66. The van der Waals surface area contributed by atoms with Gasteiger partial charge in [0.15, 0.2) is 0 Å². The zero-order valence-corrected chi connectivity index (χ0v) is 14.1. The Bertz CT molecular complexity index is 457. The number of ether oxygens (including phenoxy) is 3. The van der Waals surface area contributed by atoms with Gasteiger partial charge < -0.3 is 14.2 Å². The van der Waals surface area contributed by atoms with Crippen molar-refractivity contribution in [3.63, 3.8) is 0 Å². The Balaban J connectivity index is 2.08. The highest BCUT2D eigenvalue weighted by molar-refractivity contribution is 5.81. The van der Waals surface area contributed by atoms with Gasteiger partial charge in [-0.2, -0.15) is 0 Å². The molecule has 3 atom stereocenters. The molecule has 2 aliphatic rings. The molecule has 7 heteroatoms. The number of nitrogens with one attached hydrogen (secondary N) is 1. The van der Waals surface area contributed by atoms with Gasteiger partial charge >= 0.3 is 12.1 Å². The van der Waals surface area contributed by atoms with Gasteiger partial charge in [0.2, 0.25) is 0 Å². The fourth-order valence-corrected chi connectivity index (χ4v) is 2.70. The van der Waals surface area contributed by atoms with Crippen molar-refractivity contribution in [1.82, 2.24) is 10.2 Å². The maximum Gasteiger partial charge on any atom is 0.412 e. The van der Waals surface area contributed by atoms with E-state index in [0.29, 0.717) is 13.2 Å². The quantitative estimate of drug-likeness (QED) is 0.623. The number of nitrogens with zero attached hydrogens (tertiary/aromatic N) is 1. The van der Waals surface area contributed by atoms with Gasteiger partial charge in [-0.25, -0.2) is 4.79 Å². The Kier molecular flexibility index (Phi) is 4.41. The fraction of sp³-hybridized carbons (Fsp3) is 0.867. The van der Waals surface area contributed by atoms with Gasteiger partial charge in [-0.15, -0.1) is 0 Å². The Morgan fingerprint density at radius 3 is 2.55 bits per heavy atom. The van der Waals surface area contributed by atoms with Crippen molar-refractivity contribution in [3.8, 4) is 0 Å². The maximum atomic E-state index is 12.5. The minimum absolute atomic E-state index is 0.159. The summed E-state index contributed by atoms with van der Waals surface area (Å²) in [6.07, 6.45) is -0.434. The van der Waals surface area contributed by atoms with Crippen molar-refractivity contribution >= 4 is 12.1 Å². The number of hydrogen-bond acceptors (Lipinski definition) is 6. The van der Waals surface area contributed by atoms with E-state index in [0.717, 1.165) is 0 Å². The number of amides is 1. The Morgan fingerprint density at radius 1 is 1.36 bits per heavy atom. The molecule has 0 aromatic rings. The molecule has 1 amide bonds. The zero-order valence-electron chi connectivity index (χ0n) is 14.1. The van der Waals surface area contributed by atoms with E-state index < -0.39 is 17.4 Å². The average molecular weight is 314 g/mol. The molecule has 2 aliphatic heterocycles. The molecule has 0 bridgehead atoms. The fourth-order valence-electron chi connectivity index (χ4n) is 2.70. The molecule has 7 nitrogen and oxygen atoms in total. The third kappa shape index (κ3) is 3.52. The van der Waals surface area contributed by atoms with Gasteiger partial charge in [0.25, 0.3) is 0 Å². The highest BCUT2D eigenvalue weighted by Crippen LogP contribution is 2.35. The molecule has 22 heavy (non-hydrogen) atoms. The molecular formula is C15H26N2O5. The van der Waals surface area contributed by atoms with Gasteiger partial charge in [0.1, 0.15) is 17.4 Å². The standard InChI is InChI=1S/C15H26N2O5/c1-7-20-12(18)11-10(16-11)9-8-21-15(5,6)17(9)13(19)22-14(2,3)4/h9-11,16H,7-8H2,1-6H3/t9-,10+,11+/m0/s1. The minimum atomic E-state index is -0.767. The van der Waals surface area contributed by atoms with Crippen LogP contribution in [0.15, 0.2) is 0 Å². The first kappa shape index (κ1) is 17.0. The summed E-state index contributed by atoms with van der Waals surface area (Å²) in [5.41, 5.74) is -1.35. The van der Waals surface area contributed by atoms with E-state index in [9.17, 15) is 9.59 Å². The third-order valence-electron chi connectivity index (χ3n) is 3.69. The van der Waals surface area contributed by atoms with E-state index in [-0.39, 0.29) is 24.1 Å². The van der Waals surface area contributed by atoms with Crippen LogP contribution in [0, 0.1) is 0 Å². The van der Waals surface area contributed by atoms with E-state index in [1.54, 1.807) is 11.8 Å². The van der Waals surface area contributed by atoms with Crippen LogP contribution in [0.1, 0.15) is 41.5 Å². The molecule has 2 rings (SSSR count). The summed E-state index contributed by atoms with van der Waals surface area (Å²) in [4.78, 5) is 25.9. The molecule has 2 fully saturated rings. The van der Waals surface area contributed by atoms with Crippen molar-refractivity contribution in [1.29, 1.82) is 0 Å². The predicted octanol–water partition coefficient (Wildman–Crippen LogP) is 1.26. The third-order valence-corrected chi connectivity index (χ3v) is 3.69. The monoisotopic (exact) mass is 314 g/mol.